The summed E-state index contributed by atoms with van der Waals surface area (Å²) >= 11 is 0.750. The van der Waals surface area contributed by atoms with Gasteiger partial charge in [0.25, 0.3) is 0 Å². The number of aliphatic hydroxyl groups is 1. The molecule has 6 nitrogen and oxygen atoms in total. The fourth-order valence-corrected chi connectivity index (χ4v) is 7.79. The van der Waals surface area contributed by atoms with E-state index in [1.165, 1.54) is 225 Å². The molecule has 2 N–H and O–H groups in total. The standard InChI is InChI=1S/C18H36O2.2C18H35O.C4H10O.O.Ti/c1-17(2)15-13-11-9-7-5-3-4-6-8-10-12-14-16-18(19)20;2*1-18(2)16-14-12-10-8-6-4-3-5-7-9-11-13-15-17-19;1-2-3-4-5;;/h17H,3-16H2,1-2H3,(H,19,20);2*18H,3-16H2,1-2H3;5H,2-4H2,1H3;;/q;2*-1;;;+2. The van der Waals surface area contributed by atoms with Gasteiger partial charge in [0.05, 0.1) is 0 Å². The first-order valence-corrected chi connectivity index (χ1v) is 29.0. The Labute approximate surface area is 420 Å². The number of aliphatic hydroxyl groups excluding tert-OH is 1. The van der Waals surface area contributed by atoms with Crippen molar-refractivity contribution in [3.63, 3.8) is 0 Å². The number of hydrogen-bond acceptors (Lipinski definition) is 5. The van der Waals surface area contributed by atoms with Crippen LogP contribution in [0.15, 0.2) is 0 Å². The Hall–Kier alpha value is -0.716. The van der Waals surface area contributed by atoms with Crippen molar-refractivity contribution in [2.45, 2.75) is 331 Å². The fraction of sp³-hybridized carbons (Fsp3) is 0.948. The maximum absolute atomic E-state index is 10.3. The molecule has 388 valence electrons. The number of carbonyl (C=O) groups is 1. The van der Waals surface area contributed by atoms with E-state index in [2.05, 4.69) is 48.5 Å². The van der Waals surface area contributed by atoms with Crippen LogP contribution in [0.3, 0.4) is 0 Å². The molecule has 0 heterocycles. The van der Waals surface area contributed by atoms with Gasteiger partial charge in [-0.05, 0) is 30.6 Å². The zero-order valence-corrected chi connectivity index (χ0v) is 46.6. The first-order chi connectivity index (χ1) is 31.6. The van der Waals surface area contributed by atoms with Crippen LogP contribution in [0.2, 0.25) is 0 Å². The van der Waals surface area contributed by atoms with Crippen LogP contribution in [0.5, 0.6) is 0 Å². The van der Waals surface area contributed by atoms with Crippen molar-refractivity contribution in [1.29, 1.82) is 0 Å². The predicted molar refractivity (Wildman–Crippen MR) is 280 cm³/mol. The van der Waals surface area contributed by atoms with Crippen LogP contribution in [-0.4, -0.2) is 35.4 Å². The molecule has 0 radical (unpaired) electrons. The van der Waals surface area contributed by atoms with E-state index in [0.29, 0.717) is 25.9 Å². The molecule has 0 saturated heterocycles. The number of carboxylic acid groups (broad SMARTS) is 1. The van der Waals surface area contributed by atoms with Gasteiger partial charge in [-0.3, -0.25) is 17.4 Å². The molecule has 0 aromatic carbocycles. The minimum absolute atomic E-state index is 0.344. The summed E-state index contributed by atoms with van der Waals surface area (Å²) in [5.74, 6) is 1.97. The Morgan fingerprint density at radius 1 is 0.369 bits per heavy atom. The Balaban J connectivity index is -0.000000257. The van der Waals surface area contributed by atoms with E-state index in [9.17, 15) is 14.4 Å². The van der Waals surface area contributed by atoms with E-state index in [-0.39, 0.29) is 0 Å². The van der Waals surface area contributed by atoms with Crippen LogP contribution in [-0.2, 0) is 38.1 Å². The number of unbranched alkanes of at least 4 members (excludes halogenated alkanes) is 36. The molecule has 0 saturated carbocycles. The van der Waals surface area contributed by atoms with Crippen molar-refractivity contribution in [2.24, 2.45) is 17.8 Å². The van der Waals surface area contributed by atoms with Gasteiger partial charge in [-0.15, -0.1) is 0 Å². The van der Waals surface area contributed by atoms with Crippen LogP contribution in [0.4, 0.5) is 0 Å². The van der Waals surface area contributed by atoms with Crippen LogP contribution < -0.4 is 0 Å². The number of aliphatic carboxylic acids is 1. The Bertz CT molecular complexity index is 793. The Kier molecular flexibility index (Phi) is 81.4. The third-order valence-corrected chi connectivity index (χ3v) is 12.1. The summed E-state index contributed by atoms with van der Waals surface area (Å²) in [6, 6.07) is 0. The topological polar surface area (TPSA) is 109 Å². The van der Waals surface area contributed by atoms with Gasteiger partial charge in [-0.2, -0.15) is 12.8 Å². The van der Waals surface area contributed by atoms with E-state index >= 15 is 0 Å². The van der Waals surface area contributed by atoms with Crippen molar-refractivity contribution >= 4 is 18.5 Å². The van der Waals surface area contributed by atoms with Crippen LogP contribution in [0.1, 0.15) is 331 Å². The summed E-state index contributed by atoms with van der Waals surface area (Å²) in [5, 5.41) is 16.6. The SMILES string of the molecule is CC(C)CCCCCCCCCCCCCCC(=O)O.CC(C)CCCCCCCCCCCCCC[C-]=O.CC(C)CCCCCCCCCCCCCC[C-]=O.CCCCO.[O]=[Ti+2]. The molecule has 0 aromatic rings. The molecule has 0 aromatic heterocycles. The second kappa shape index (κ2) is 72.3. The summed E-state index contributed by atoms with van der Waals surface area (Å²) < 4.78 is 8.25. The third kappa shape index (κ3) is 94.0. The number of carboxylic acids is 1. The fourth-order valence-electron chi connectivity index (χ4n) is 7.79. The van der Waals surface area contributed by atoms with Crippen molar-refractivity contribution in [2.75, 3.05) is 6.61 Å². The molecule has 0 rings (SSSR count). The van der Waals surface area contributed by atoms with Crippen molar-refractivity contribution in [3.8, 4) is 0 Å². The summed E-state index contributed by atoms with van der Waals surface area (Å²) in [6.07, 6.45) is 60.0. The Morgan fingerprint density at radius 2 is 0.569 bits per heavy atom. The van der Waals surface area contributed by atoms with Gasteiger partial charge < -0.3 is 19.8 Å². The number of rotatable bonds is 47. The quantitative estimate of drug-likeness (QED) is 0.0357. The molecule has 7 heteroatoms. The number of hydrogen-bond donors (Lipinski definition) is 2. The van der Waals surface area contributed by atoms with Gasteiger partial charge in [-0.25, -0.2) is 0 Å². The van der Waals surface area contributed by atoms with Gasteiger partial charge in [0.15, 0.2) is 0 Å². The first kappa shape index (κ1) is 73.3. The van der Waals surface area contributed by atoms with Gasteiger partial charge >= 0.3 is 29.7 Å². The molecule has 0 unspecified atom stereocenters. The molecule has 0 atom stereocenters. The van der Waals surface area contributed by atoms with Crippen LogP contribution in [0.25, 0.3) is 0 Å². The summed E-state index contributed by atoms with van der Waals surface area (Å²) in [5.41, 5.74) is 0. The summed E-state index contributed by atoms with van der Waals surface area (Å²) in [7, 11) is 0. The monoisotopic (exact) mass is 957 g/mol. The summed E-state index contributed by atoms with van der Waals surface area (Å²) in [6.45, 7) is 16.3. The van der Waals surface area contributed by atoms with Crippen molar-refractivity contribution < 1.29 is 48.3 Å². The van der Waals surface area contributed by atoms with Crippen molar-refractivity contribution in [1.82, 2.24) is 0 Å². The molecule has 0 aliphatic heterocycles. The van der Waals surface area contributed by atoms with E-state index in [0.717, 1.165) is 76.7 Å². The predicted octanol–water partition coefficient (Wildman–Crippen LogP) is 19.3. The Morgan fingerprint density at radius 3 is 0.723 bits per heavy atom. The normalized spacial score (nSPS) is 10.7. The minimum atomic E-state index is -0.654. The van der Waals surface area contributed by atoms with Gasteiger partial charge in [-0.1, -0.05) is 299 Å². The zero-order valence-electron chi connectivity index (χ0n) is 45.1. The number of carbonyl (C=O) groups excluding carboxylic acids is 2. The van der Waals surface area contributed by atoms with Crippen LogP contribution in [0, 0.1) is 17.8 Å². The van der Waals surface area contributed by atoms with Gasteiger partial charge in [0.1, 0.15) is 0 Å². The molecule has 65 heavy (non-hydrogen) atoms. The third-order valence-electron chi connectivity index (χ3n) is 12.1. The summed E-state index contributed by atoms with van der Waals surface area (Å²) in [4.78, 5) is 30.4. The second-order valence-electron chi connectivity index (χ2n) is 20.3. The molecule has 0 aliphatic rings. The van der Waals surface area contributed by atoms with Gasteiger partial charge in [0, 0.05) is 13.0 Å². The molecule has 0 fully saturated rings. The molecule has 0 bridgehead atoms. The molecular weight excluding hydrogens is 840 g/mol. The average Bonchev–Trinajstić information content (AvgIpc) is 3.28. The molecule has 0 amide bonds. The molecule has 0 aliphatic carbocycles. The van der Waals surface area contributed by atoms with E-state index in [1.807, 2.05) is 12.6 Å². The average molecular weight is 957 g/mol. The van der Waals surface area contributed by atoms with E-state index in [4.69, 9.17) is 13.5 Å². The van der Waals surface area contributed by atoms with Crippen molar-refractivity contribution in [3.05, 3.63) is 0 Å². The van der Waals surface area contributed by atoms with E-state index in [1.54, 1.807) is 0 Å². The molecule has 0 spiro atoms. The van der Waals surface area contributed by atoms with Gasteiger partial charge in [0.2, 0.25) is 0 Å². The second-order valence-corrected chi connectivity index (χ2v) is 20.3. The van der Waals surface area contributed by atoms with Crippen LogP contribution >= 0.6 is 0 Å². The van der Waals surface area contributed by atoms with E-state index < -0.39 is 5.97 Å². The maximum atomic E-state index is 10.3. The first-order valence-electron chi connectivity index (χ1n) is 28.3. The zero-order chi connectivity index (χ0) is 49.5. The molecular formula is C58H116O6Ti.